The number of aromatic nitrogens is 4. The van der Waals surface area contributed by atoms with Gasteiger partial charge in [0.05, 0.1) is 43.5 Å². The summed E-state index contributed by atoms with van der Waals surface area (Å²) in [5.41, 5.74) is 2.42. The van der Waals surface area contributed by atoms with E-state index in [0.717, 1.165) is 0 Å². The topological polar surface area (TPSA) is 125 Å². The van der Waals surface area contributed by atoms with Crippen LogP contribution in [0.3, 0.4) is 0 Å². The second-order valence-corrected chi connectivity index (χ2v) is 6.82. The number of aliphatic hydroxyl groups is 2. The Kier molecular flexibility index (Phi) is 6.29. The van der Waals surface area contributed by atoms with Gasteiger partial charge in [-0.1, -0.05) is 0 Å². The van der Waals surface area contributed by atoms with Crippen LogP contribution in [0.1, 0.15) is 12.1 Å². The summed E-state index contributed by atoms with van der Waals surface area (Å²) < 4.78 is 24.8. The number of hydrogen-bond acceptors (Lipinski definition) is 8. The SMILES string of the molecule is OCCNc1nccc(-c2[nH]c(C3OCC(CO)CO3)nc2-c2ccc(F)cc2)n1. The average molecular weight is 415 g/mol. The van der Waals surface area contributed by atoms with Gasteiger partial charge in [0, 0.05) is 24.2 Å². The summed E-state index contributed by atoms with van der Waals surface area (Å²) in [5.74, 6) is 0.389. The third kappa shape index (κ3) is 4.46. The van der Waals surface area contributed by atoms with E-state index in [0.29, 0.717) is 54.2 Å². The number of nitrogens with zero attached hydrogens (tertiary/aromatic N) is 3. The summed E-state index contributed by atoms with van der Waals surface area (Å²) in [6.45, 7) is 0.964. The first-order valence-corrected chi connectivity index (χ1v) is 9.56. The number of imidazole rings is 1. The highest BCUT2D eigenvalue weighted by Crippen LogP contribution is 2.33. The molecule has 158 valence electrons. The van der Waals surface area contributed by atoms with Crippen molar-refractivity contribution in [3.05, 3.63) is 48.2 Å². The van der Waals surface area contributed by atoms with Crippen LogP contribution in [-0.2, 0) is 9.47 Å². The van der Waals surface area contributed by atoms with Gasteiger partial charge < -0.3 is 30.0 Å². The van der Waals surface area contributed by atoms with Crippen LogP contribution in [-0.4, -0.2) is 63.1 Å². The highest BCUT2D eigenvalue weighted by atomic mass is 19.1. The minimum Gasteiger partial charge on any atom is -0.396 e. The molecule has 30 heavy (non-hydrogen) atoms. The predicted molar refractivity (Wildman–Crippen MR) is 106 cm³/mol. The Bertz CT molecular complexity index is 974. The molecule has 2 aromatic heterocycles. The Hall–Kier alpha value is -2.92. The fraction of sp³-hybridized carbons (Fsp3) is 0.350. The number of halogens is 1. The third-order valence-electron chi connectivity index (χ3n) is 4.59. The molecule has 0 unspecified atom stereocenters. The zero-order valence-corrected chi connectivity index (χ0v) is 16.1. The summed E-state index contributed by atoms with van der Waals surface area (Å²) in [5, 5.41) is 21.2. The van der Waals surface area contributed by atoms with Gasteiger partial charge in [0.2, 0.25) is 12.2 Å². The Morgan fingerprint density at radius 1 is 1.10 bits per heavy atom. The number of H-pyrrole nitrogens is 1. The lowest BCUT2D eigenvalue weighted by Crippen LogP contribution is -2.29. The number of benzene rings is 1. The molecule has 1 aromatic carbocycles. The van der Waals surface area contributed by atoms with Gasteiger partial charge in [0.25, 0.3) is 0 Å². The van der Waals surface area contributed by atoms with Crippen LogP contribution in [0.5, 0.6) is 0 Å². The maximum Gasteiger partial charge on any atom is 0.223 e. The Labute approximate surface area is 171 Å². The van der Waals surface area contributed by atoms with Crippen molar-refractivity contribution < 1.29 is 24.1 Å². The highest BCUT2D eigenvalue weighted by molar-refractivity contribution is 5.77. The number of rotatable bonds is 7. The molecular weight excluding hydrogens is 393 g/mol. The van der Waals surface area contributed by atoms with E-state index >= 15 is 0 Å². The van der Waals surface area contributed by atoms with Crippen molar-refractivity contribution in [1.82, 2.24) is 19.9 Å². The first-order valence-electron chi connectivity index (χ1n) is 9.56. The van der Waals surface area contributed by atoms with Gasteiger partial charge in [-0.05, 0) is 30.3 Å². The van der Waals surface area contributed by atoms with Gasteiger partial charge in [0.1, 0.15) is 5.82 Å². The maximum absolute atomic E-state index is 13.4. The minimum atomic E-state index is -0.713. The molecule has 0 saturated carbocycles. The number of aliphatic hydroxyl groups excluding tert-OH is 2. The van der Waals surface area contributed by atoms with Gasteiger partial charge in [0.15, 0.2) is 5.82 Å². The summed E-state index contributed by atoms with van der Waals surface area (Å²) in [6, 6.07) is 7.71. The fourth-order valence-corrected chi connectivity index (χ4v) is 3.06. The number of anilines is 1. The zero-order valence-electron chi connectivity index (χ0n) is 16.1. The standard InChI is InChI=1S/C20H22FN5O4/c21-14-3-1-13(2-4-14)16-17(15-5-6-22-20(24-15)23-7-8-27)26-18(25-16)19-29-10-12(9-28)11-30-19/h1-6,12,19,27-28H,7-11H2,(H,25,26)(H,22,23,24). The van der Waals surface area contributed by atoms with Crippen molar-refractivity contribution in [1.29, 1.82) is 0 Å². The van der Waals surface area contributed by atoms with Gasteiger partial charge in [-0.2, -0.15) is 0 Å². The molecule has 0 atom stereocenters. The van der Waals surface area contributed by atoms with E-state index in [1.54, 1.807) is 24.4 Å². The van der Waals surface area contributed by atoms with E-state index in [9.17, 15) is 9.50 Å². The molecule has 1 fully saturated rings. The van der Waals surface area contributed by atoms with Gasteiger partial charge in [-0.3, -0.25) is 0 Å². The monoisotopic (exact) mass is 415 g/mol. The van der Waals surface area contributed by atoms with Gasteiger partial charge >= 0.3 is 0 Å². The molecule has 3 heterocycles. The molecule has 1 saturated heterocycles. The average Bonchev–Trinajstić information content (AvgIpc) is 3.24. The van der Waals surface area contributed by atoms with Crippen LogP contribution >= 0.6 is 0 Å². The van der Waals surface area contributed by atoms with E-state index in [4.69, 9.17) is 14.6 Å². The number of nitrogens with one attached hydrogen (secondary N) is 2. The van der Waals surface area contributed by atoms with Crippen LogP contribution < -0.4 is 5.32 Å². The van der Waals surface area contributed by atoms with E-state index in [2.05, 4.69) is 25.3 Å². The van der Waals surface area contributed by atoms with Gasteiger partial charge in [-0.15, -0.1) is 0 Å². The van der Waals surface area contributed by atoms with E-state index in [1.165, 1.54) is 12.1 Å². The smallest absolute Gasteiger partial charge is 0.223 e. The lowest BCUT2D eigenvalue weighted by molar-refractivity contribution is -0.213. The maximum atomic E-state index is 13.4. The summed E-state index contributed by atoms with van der Waals surface area (Å²) in [4.78, 5) is 16.5. The Morgan fingerprint density at radius 3 is 2.57 bits per heavy atom. The van der Waals surface area contributed by atoms with Crippen molar-refractivity contribution in [2.45, 2.75) is 6.29 Å². The number of ether oxygens (including phenoxy) is 2. The van der Waals surface area contributed by atoms with Crippen LogP contribution in [0.2, 0.25) is 0 Å². The van der Waals surface area contributed by atoms with Crippen LogP contribution in [0.4, 0.5) is 10.3 Å². The van der Waals surface area contributed by atoms with Gasteiger partial charge in [-0.25, -0.2) is 19.3 Å². The van der Waals surface area contributed by atoms with Crippen molar-refractivity contribution in [3.63, 3.8) is 0 Å². The summed E-state index contributed by atoms with van der Waals surface area (Å²) in [7, 11) is 0. The number of aromatic amines is 1. The Balaban J connectivity index is 1.71. The van der Waals surface area contributed by atoms with E-state index < -0.39 is 6.29 Å². The highest BCUT2D eigenvalue weighted by Gasteiger charge is 2.27. The molecule has 9 nitrogen and oxygen atoms in total. The van der Waals surface area contributed by atoms with Crippen molar-refractivity contribution >= 4 is 5.95 Å². The predicted octanol–water partition coefficient (Wildman–Crippen LogP) is 1.73. The zero-order chi connectivity index (χ0) is 20.9. The Morgan fingerprint density at radius 2 is 1.87 bits per heavy atom. The first kappa shape index (κ1) is 20.4. The summed E-state index contributed by atoms with van der Waals surface area (Å²) in [6.07, 6.45) is 0.880. The molecule has 0 radical (unpaired) electrons. The molecule has 0 aliphatic carbocycles. The lowest BCUT2D eigenvalue weighted by Gasteiger charge is -2.26. The molecule has 1 aliphatic heterocycles. The second kappa shape index (κ2) is 9.26. The lowest BCUT2D eigenvalue weighted by atomic mass is 10.1. The quantitative estimate of drug-likeness (QED) is 0.460. The molecule has 4 N–H and O–H groups in total. The normalized spacial score (nSPS) is 19.0. The second-order valence-electron chi connectivity index (χ2n) is 6.82. The molecule has 3 aromatic rings. The molecule has 1 aliphatic rings. The largest absolute Gasteiger partial charge is 0.396 e. The molecule has 0 spiro atoms. The number of hydrogen-bond donors (Lipinski definition) is 4. The van der Waals surface area contributed by atoms with E-state index in [1.807, 2.05) is 0 Å². The van der Waals surface area contributed by atoms with E-state index in [-0.39, 0.29) is 24.9 Å². The minimum absolute atomic E-state index is 0.0124. The molecular formula is C20H22FN5O4. The molecule has 0 bridgehead atoms. The molecule has 0 amide bonds. The molecule has 10 heteroatoms. The van der Waals surface area contributed by atoms with Crippen molar-refractivity contribution in [2.75, 3.05) is 38.3 Å². The third-order valence-corrected chi connectivity index (χ3v) is 4.59. The first-order chi connectivity index (χ1) is 14.7. The van der Waals surface area contributed by atoms with Crippen LogP contribution in [0, 0.1) is 11.7 Å². The van der Waals surface area contributed by atoms with Crippen LogP contribution in [0.15, 0.2) is 36.5 Å². The fourth-order valence-electron chi connectivity index (χ4n) is 3.06. The van der Waals surface area contributed by atoms with Crippen molar-refractivity contribution in [2.24, 2.45) is 5.92 Å². The summed E-state index contributed by atoms with van der Waals surface area (Å²) >= 11 is 0. The van der Waals surface area contributed by atoms with Crippen LogP contribution in [0.25, 0.3) is 22.6 Å². The molecule has 4 rings (SSSR count). The van der Waals surface area contributed by atoms with Crippen molar-refractivity contribution in [3.8, 4) is 22.6 Å².